The van der Waals surface area contributed by atoms with E-state index in [0.717, 1.165) is 0 Å². The predicted octanol–water partition coefficient (Wildman–Crippen LogP) is 1.14. The molecule has 1 amide bonds. The van der Waals surface area contributed by atoms with Gasteiger partial charge in [0.05, 0.1) is 25.5 Å². The van der Waals surface area contributed by atoms with Crippen LogP contribution in [0.4, 0.5) is 0 Å². The Morgan fingerprint density at radius 3 is 2.56 bits per heavy atom. The molecular weight excluding hydrogens is 208 g/mol. The van der Waals surface area contributed by atoms with E-state index in [-0.39, 0.29) is 30.8 Å². The molecule has 0 heterocycles. The molecule has 90 valence electrons. The Kier molecular flexibility index (Phi) is 7.86. The van der Waals surface area contributed by atoms with Crippen LogP contribution in [0.15, 0.2) is 0 Å². The summed E-state index contributed by atoms with van der Waals surface area (Å²) < 4.78 is 4.70. The lowest BCUT2D eigenvalue weighted by atomic mass is 10.1. The fourth-order valence-electron chi connectivity index (χ4n) is 1.16. The lowest BCUT2D eigenvalue weighted by Crippen LogP contribution is -2.34. The fraction of sp³-hybridized carbons (Fsp3) is 0.727. The zero-order valence-corrected chi connectivity index (χ0v) is 9.78. The van der Waals surface area contributed by atoms with Gasteiger partial charge >= 0.3 is 5.97 Å². The van der Waals surface area contributed by atoms with Gasteiger partial charge in [-0.25, -0.2) is 0 Å². The summed E-state index contributed by atoms with van der Waals surface area (Å²) in [6.07, 6.45) is 1.20. The number of ether oxygens (including phenoxy) is 1. The van der Waals surface area contributed by atoms with Crippen molar-refractivity contribution in [1.82, 2.24) is 5.32 Å². The van der Waals surface area contributed by atoms with E-state index in [4.69, 9.17) is 10.00 Å². The summed E-state index contributed by atoms with van der Waals surface area (Å²) in [4.78, 5) is 22.3. The largest absolute Gasteiger partial charge is 0.466 e. The summed E-state index contributed by atoms with van der Waals surface area (Å²) in [6.45, 7) is 3.94. The molecule has 1 unspecified atom stereocenters. The molecule has 0 fully saturated rings. The molecule has 0 aromatic heterocycles. The maximum absolute atomic E-state index is 11.4. The second kappa shape index (κ2) is 8.72. The highest BCUT2D eigenvalue weighted by molar-refractivity contribution is 5.81. The van der Waals surface area contributed by atoms with E-state index in [2.05, 4.69) is 5.32 Å². The van der Waals surface area contributed by atoms with Crippen LogP contribution < -0.4 is 5.32 Å². The first-order valence-electron chi connectivity index (χ1n) is 5.45. The molecule has 5 heteroatoms. The minimum atomic E-state index is -0.369. The number of esters is 1. The number of rotatable bonds is 7. The third-order valence-corrected chi connectivity index (χ3v) is 2.06. The molecule has 0 aromatic rings. The van der Waals surface area contributed by atoms with Crippen molar-refractivity contribution < 1.29 is 14.3 Å². The first kappa shape index (κ1) is 14.4. The van der Waals surface area contributed by atoms with Crippen LogP contribution in [-0.4, -0.2) is 24.5 Å². The third kappa shape index (κ3) is 6.82. The van der Waals surface area contributed by atoms with Gasteiger partial charge in [-0.1, -0.05) is 6.92 Å². The number of hydrogen-bond donors (Lipinski definition) is 1. The Labute approximate surface area is 95.8 Å². The van der Waals surface area contributed by atoms with Crippen molar-refractivity contribution in [2.45, 2.75) is 45.6 Å². The van der Waals surface area contributed by atoms with Crippen LogP contribution >= 0.6 is 0 Å². The average molecular weight is 226 g/mol. The number of carbonyl (C=O) groups excluding carboxylic acids is 2. The Morgan fingerprint density at radius 2 is 2.06 bits per heavy atom. The molecule has 0 aliphatic rings. The second-order valence-corrected chi connectivity index (χ2v) is 3.34. The van der Waals surface area contributed by atoms with Gasteiger partial charge in [0, 0.05) is 12.5 Å². The smallest absolute Gasteiger partial charge is 0.306 e. The minimum absolute atomic E-state index is 0.0860. The summed E-state index contributed by atoms with van der Waals surface area (Å²) in [5.41, 5.74) is 0. The Hall–Kier alpha value is -1.57. The van der Waals surface area contributed by atoms with Crippen LogP contribution in [0, 0.1) is 11.3 Å². The van der Waals surface area contributed by atoms with Crippen LogP contribution in [0.25, 0.3) is 0 Å². The number of amides is 1. The summed E-state index contributed by atoms with van der Waals surface area (Å²) >= 11 is 0. The average Bonchev–Trinajstić information content (AvgIpc) is 2.26. The van der Waals surface area contributed by atoms with Gasteiger partial charge in [-0.15, -0.1) is 0 Å². The maximum Gasteiger partial charge on any atom is 0.306 e. The number of nitrogens with one attached hydrogen (secondary N) is 1. The van der Waals surface area contributed by atoms with E-state index in [1.807, 2.05) is 13.0 Å². The first-order valence-corrected chi connectivity index (χ1v) is 5.45. The number of hydrogen-bond acceptors (Lipinski definition) is 4. The van der Waals surface area contributed by atoms with E-state index in [9.17, 15) is 9.59 Å². The van der Waals surface area contributed by atoms with E-state index in [1.54, 1.807) is 6.92 Å². The summed E-state index contributed by atoms with van der Waals surface area (Å²) in [7, 11) is 0. The van der Waals surface area contributed by atoms with Gasteiger partial charge in [-0.2, -0.15) is 5.26 Å². The standard InChI is InChI=1S/C11H18N2O3/c1-3-9(7-8-12)13-10(14)5-6-11(15)16-4-2/h9H,3-7H2,1-2H3,(H,13,14). The van der Waals surface area contributed by atoms with Crippen LogP contribution in [-0.2, 0) is 14.3 Å². The lowest BCUT2D eigenvalue weighted by molar-refractivity contribution is -0.144. The van der Waals surface area contributed by atoms with E-state index >= 15 is 0 Å². The molecule has 1 N–H and O–H groups in total. The maximum atomic E-state index is 11.4. The molecule has 0 radical (unpaired) electrons. The van der Waals surface area contributed by atoms with E-state index in [0.29, 0.717) is 19.4 Å². The minimum Gasteiger partial charge on any atom is -0.466 e. The van der Waals surface area contributed by atoms with Crippen molar-refractivity contribution in [3.05, 3.63) is 0 Å². The zero-order valence-electron chi connectivity index (χ0n) is 9.78. The lowest BCUT2D eigenvalue weighted by Gasteiger charge is -2.13. The van der Waals surface area contributed by atoms with Crippen molar-refractivity contribution in [2.24, 2.45) is 0 Å². The molecule has 0 saturated heterocycles. The van der Waals surface area contributed by atoms with Gasteiger partial charge in [-0.3, -0.25) is 9.59 Å². The van der Waals surface area contributed by atoms with Gasteiger partial charge < -0.3 is 10.1 Å². The topological polar surface area (TPSA) is 79.2 Å². The Bertz CT molecular complexity index is 271. The fourth-order valence-corrected chi connectivity index (χ4v) is 1.16. The summed E-state index contributed by atoms with van der Waals surface area (Å²) in [5, 5.41) is 11.2. The summed E-state index contributed by atoms with van der Waals surface area (Å²) in [6, 6.07) is 1.88. The normalized spacial score (nSPS) is 11.3. The highest BCUT2D eigenvalue weighted by atomic mass is 16.5. The molecule has 16 heavy (non-hydrogen) atoms. The van der Waals surface area contributed by atoms with Crippen LogP contribution in [0.3, 0.4) is 0 Å². The molecule has 1 atom stereocenters. The van der Waals surface area contributed by atoms with Crippen LogP contribution in [0.1, 0.15) is 39.5 Å². The molecule has 0 spiro atoms. The van der Waals surface area contributed by atoms with Gasteiger partial charge in [0.2, 0.25) is 5.91 Å². The van der Waals surface area contributed by atoms with Gasteiger partial charge in [0.25, 0.3) is 0 Å². The van der Waals surface area contributed by atoms with Crippen LogP contribution in [0.5, 0.6) is 0 Å². The SMILES string of the molecule is CCOC(=O)CCC(=O)NC(CC)CC#N. The van der Waals surface area contributed by atoms with Crippen molar-refractivity contribution in [1.29, 1.82) is 5.26 Å². The molecule has 0 saturated carbocycles. The van der Waals surface area contributed by atoms with Crippen molar-refractivity contribution in [3.8, 4) is 6.07 Å². The first-order chi connectivity index (χ1) is 7.63. The third-order valence-electron chi connectivity index (χ3n) is 2.06. The van der Waals surface area contributed by atoms with Crippen LogP contribution in [0.2, 0.25) is 0 Å². The molecule has 0 bridgehead atoms. The molecule has 0 aliphatic carbocycles. The van der Waals surface area contributed by atoms with Crippen molar-refractivity contribution in [3.63, 3.8) is 0 Å². The van der Waals surface area contributed by atoms with Crippen molar-refractivity contribution >= 4 is 11.9 Å². The monoisotopic (exact) mass is 226 g/mol. The molecule has 5 nitrogen and oxygen atoms in total. The second-order valence-electron chi connectivity index (χ2n) is 3.34. The number of nitrogens with zero attached hydrogens (tertiary/aromatic N) is 1. The quantitative estimate of drug-likeness (QED) is 0.660. The molecule has 0 rings (SSSR count). The van der Waals surface area contributed by atoms with Crippen molar-refractivity contribution in [2.75, 3.05) is 6.61 Å². The highest BCUT2D eigenvalue weighted by Gasteiger charge is 2.11. The van der Waals surface area contributed by atoms with Gasteiger partial charge in [0.1, 0.15) is 0 Å². The van der Waals surface area contributed by atoms with Gasteiger partial charge in [0.15, 0.2) is 0 Å². The molecule has 0 aliphatic heterocycles. The van der Waals surface area contributed by atoms with E-state index in [1.165, 1.54) is 0 Å². The molecule has 0 aromatic carbocycles. The van der Waals surface area contributed by atoms with E-state index < -0.39 is 0 Å². The summed E-state index contributed by atoms with van der Waals surface area (Å²) in [5.74, 6) is -0.582. The molecular formula is C11H18N2O3. The highest BCUT2D eigenvalue weighted by Crippen LogP contribution is 1.99. The Balaban J connectivity index is 3.81. The van der Waals surface area contributed by atoms with Gasteiger partial charge in [-0.05, 0) is 13.3 Å². The zero-order chi connectivity index (χ0) is 12.4. The Morgan fingerprint density at radius 1 is 1.38 bits per heavy atom. The number of carbonyl (C=O) groups is 2. The predicted molar refractivity (Wildman–Crippen MR) is 58.3 cm³/mol. The number of nitriles is 1.